The summed E-state index contributed by atoms with van der Waals surface area (Å²) >= 11 is 1.64. The van der Waals surface area contributed by atoms with Crippen molar-refractivity contribution in [2.75, 3.05) is 0 Å². The van der Waals surface area contributed by atoms with Crippen LogP contribution in [0.25, 0.3) is 10.1 Å². The predicted octanol–water partition coefficient (Wildman–Crippen LogP) is 4.47. The molecule has 0 saturated heterocycles. The van der Waals surface area contributed by atoms with Crippen LogP contribution in [0.3, 0.4) is 0 Å². The van der Waals surface area contributed by atoms with Crippen LogP contribution in [-0.4, -0.2) is 5.78 Å². The van der Waals surface area contributed by atoms with Gasteiger partial charge in [0.1, 0.15) is 5.82 Å². The van der Waals surface area contributed by atoms with Crippen LogP contribution in [0.15, 0.2) is 53.9 Å². The quantitative estimate of drug-likeness (QED) is 0.642. The molecule has 0 atom stereocenters. The van der Waals surface area contributed by atoms with Crippen LogP contribution in [0.4, 0.5) is 4.39 Å². The molecule has 0 bridgehead atoms. The van der Waals surface area contributed by atoms with E-state index in [9.17, 15) is 9.18 Å². The van der Waals surface area contributed by atoms with E-state index in [-0.39, 0.29) is 11.6 Å². The molecule has 1 aromatic heterocycles. The molecule has 1 nitrogen and oxygen atoms in total. The van der Waals surface area contributed by atoms with Crippen molar-refractivity contribution in [3.63, 3.8) is 0 Å². The van der Waals surface area contributed by atoms with Gasteiger partial charge in [0.2, 0.25) is 0 Å². The number of fused-ring (bicyclic) bond motifs is 1. The van der Waals surface area contributed by atoms with Crippen LogP contribution >= 0.6 is 11.3 Å². The van der Waals surface area contributed by atoms with Crippen LogP contribution < -0.4 is 0 Å². The molecule has 3 aromatic rings. The lowest BCUT2D eigenvalue weighted by molar-refractivity contribution is 0.0993. The van der Waals surface area contributed by atoms with Crippen LogP contribution in [0, 0.1) is 5.82 Å². The second-order valence-electron chi connectivity index (χ2n) is 4.36. The van der Waals surface area contributed by atoms with Crippen molar-refractivity contribution in [1.29, 1.82) is 0 Å². The zero-order valence-electron chi connectivity index (χ0n) is 10.1. The molecule has 0 unspecified atom stereocenters. The third-order valence-electron chi connectivity index (χ3n) is 3.08. The fourth-order valence-electron chi connectivity index (χ4n) is 2.08. The summed E-state index contributed by atoms with van der Waals surface area (Å²) in [6.07, 6.45) is 0.357. The number of ketones is 1. The molecular formula is C16H11FOS. The van der Waals surface area contributed by atoms with Gasteiger partial charge in [0.15, 0.2) is 5.78 Å². The molecule has 0 N–H and O–H groups in total. The minimum atomic E-state index is -0.322. The molecule has 0 aliphatic carbocycles. The first-order valence-corrected chi connectivity index (χ1v) is 6.86. The average molecular weight is 270 g/mol. The van der Waals surface area contributed by atoms with E-state index in [4.69, 9.17) is 0 Å². The highest BCUT2D eigenvalue weighted by molar-refractivity contribution is 7.17. The molecule has 3 rings (SSSR count). The summed E-state index contributed by atoms with van der Waals surface area (Å²) in [5.74, 6) is -0.305. The third kappa shape index (κ3) is 2.42. The number of hydrogen-bond acceptors (Lipinski definition) is 2. The predicted molar refractivity (Wildman–Crippen MR) is 76.3 cm³/mol. The van der Waals surface area contributed by atoms with E-state index in [1.54, 1.807) is 11.3 Å². The summed E-state index contributed by atoms with van der Waals surface area (Å²) in [6, 6.07) is 13.7. The minimum Gasteiger partial charge on any atom is -0.294 e. The SMILES string of the molecule is O=C(Cc1csc2ccccc12)c1ccc(F)cc1. The maximum Gasteiger partial charge on any atom is 0.167 e. The summed E-state index contributed by atoms with van der Waals surface area (Å²) in [7, 11) is 0. The summed E-state index contributed by atoms with van der Waals surface area (Å²) in [6.45, 7) is 0. The highest BCUT2D eigenvalue weighted by atomic mass is 32.1. The molecule has 0 spiro atoms. The topological polar surface area (TPSA) is 17.1 Å². The summed E-state index contributed by atoms with van der Waals surface area (Å²) in [5, 5.41) is 3.15. The fourth-order valence-corrected chi connectivity index (χ4v) is 3.04. The first-order chi connectivity index (χ1) is 9.24. The number of Topliss-reactive ketones (excluding diaryl/α,β-unsaturated/α-hetero) is 1. The Morgan fingerprint density at radius 1 is 1.05 bits per heavy atom. The highest BCUT2D eigenvalue weighted by Crippen LogP contribution is 2.26. The maximum absolute atomic E-state index is 12.8. The van der Waals surface area contributed by atoms with E-state index in [1.165, 1.54) is 29.0 Å². The van der Waals surface area contributed by atoms with Crippen molar-refractivity contribution >= 4 is 27.2 Å². The minimum absolute atomic E-state index is 0.0172. The first-order valence-electron chi connectivity index (χ1n) is 5.98. The number of thiophene rings is 1. The van der Waals surface area contributed by atoms with Crippen molar-refractivity contribution in [3.8, 4) is 0 Å². The third-order valence-corrected chi connectivity index (χ3v) is 4.09. The van der Waals surface area contributed by atoms with Gasteiger partial charge >= 0.3 is 0 Å². The molecular weight excluding hydrogens is 259 g/mol. The molecule has 0 aliphatic rings. The summed E-state index contributed by atoms with van der Waals surface area (Å²) in [5.41, 5.74) is 1.59. The lowest BCUT2D eigenvalue weighted by Crippen LogP contribution is -2.02. The Kier molecular flexibility index (Phi) is 3.13. The molecule has 0 fully saturated rings. The zero-order chi connectivity index (χ0) is 13.2. The van der Waals surface area contributed by atoms with E-state index >= 15 is 0 Å². The standard InChI is InChI=1S/C16H11FOS/c17-13-7-5-11(6-8-13)15(18)9-12-10-19-16-4-2-1-3-14(12)16/h1-8,10H,9H2. The molecule has 2 aromatic carbocycles. The Hall–Kier alpha value is -2.00. The smallest absolute Gasteiger partial charge is 0.167 e. The van der Waals surface area contributed by atoms with Gasteiger partial charge in [-0.25, -0.2) is 4.39 Å². The van der Waals surface area contributed by atoms with Crippen molar-refractivity contribution in [3.05, 3.63) is 70.9 Å². The molecule has 0 aliphatic heterocycles. The second kappa shape index (κ2) is 4.94. The van der Waals surface area contributed by atoms with Crippen LogP contribution in [0.1, 0.15) is 15.9 Å². The van der Waals surface area contributed by atoms with Gasteiger partial charge in [-0.2, -0.15) is 0 Å². The Bertz CT molecular complexity index is 728. The summed E-state index contributed by atoms with van der Waals surface area (Å²) in [4.78, 5) is 12.1. The lowest BCUT2D eigenvalue weighted by Gasteiger charge is -2.00. The molecule has 0 amide bonds. The first kappa shape index (κ1) is 12.1. The normalized spacial score (nSPS) is 10.8. The monoisotopic (exact) mass is 270 g/mol. The molecule has 0 saturated carbocycles. The van der Waals surface area contributed by atoms with Gasteiger partial charge in [-0.05, 0) is 46.7 Å². The van der Waals surface area contributed by atoms with Crippen LogP contribution in [0.5, 0.6) is 0 Å². The van der Waals surface area contributed by atoms with Gasteiger partial charge in [0.05, 0.1) is 0 Å². The fraction of sp³-hybridized carbons (Fsp3) is 0.0625. The van der Waals surface area contributed by atoms with Crippen molar-refractivity contribution < 1.29 is 9.18 Å². The zero-order valence-corrected chi connectivity index (χ0v) is 10.9. The molecule has 19 heavy (non-hydrogen) atoms. The van der Waals surface area contributed by atoms with E-state index in [1.807, 2.05) is 29.6 Å². The van der Waals surface area contributed by atoms with Gasteiger partial charge < -0.3 is 0 Å². The van der Waals surface area contributed by atoms with Gasteiger partial charge in [-0.3, -0.25) is 4.79 Å². The van der Waals surface area contributed by atoms with Crippen LogP contribution in [0.2, 0.25) is 0 Å². The Balaban J connectivity index is 1.89. The van der Waals surface area contributed by atoms with Gasteiger partial charge in [-0.15, -0.1) is 11.3 Å². The number of halogens is 1. The number of carbonyl (C=O) groups excluding carboxylic acids is 1. The highest BCUT2D eigenvalue weighted by Gasteiger charge is 2.10. The van der Waals surface area contributed by atoms with E-state index in [0.717, 1.165) is 10.9 Å². The van der Waals surface area contributed by atoms with Gasteiger partial charge in [0.25, 0.3) is 0 Å². The Morgan fingerprint density at radius 2 is 1.79 bits per heavy atom. The number of rotatable bonds is 3. The van der Waals surface area contributed by atoms with Crippen molar-refractivity contribution in [2.45, 2.75) is 6.42 Å². The number of benzene rings is 2. The number of carbonyl (C=O) groups is 1. The van der Waals surface area contributed by atoms with E-state index in [2.05, 4.69) is 0 Å². The van der Waals surface area contributed by atoms with Crippen molar-refractivity contribution in [2.24, 2.45) is 0 Å². The molecule has 94 valence electrons. The Labute approximate surface area is 114 Å². The van der Waals surface area contributed by atoms with E-state index < -0.39 is 0 Å². The second-order valence-corrected chi connectivity index (χ2v) is 5.28. The Morgan fingerprint density at radius 3 is 2.58 bits per heavy atom. The average Bonchev–Trinajstić information content (AvgIpc) is 2.83. The van der Waals surface area contributed by atoms with Crippen LogP contribution in [-0.2, 0) is 6.42 Å². The molecule has 3 heteroatoms. The largest absolute Gasteiger partial charge is 0.294 e. The van der Waals surface area contributed by atoms with E-state index in [0.29, 0.717) is 12.0 Å². The number of hydrogen-bond donors (Lipinski definition) is 0. The lowest BCUT2D eigenvalue weighted by atomic mass is 10.0. The summed E-state index contributed by atoms with van der Waals surface area (Å²) < 4.78 is 14.0. The molecule has 1 heterocycles. The van der Waals surface area contributed by atoms with Gasteiger partial charge in [0, 0.05) is 16.7 Å². The van der Waals surface area contributed by atoms with Crippen molar-refractivity contribution in [1.82, 2.24) is 0 Å². The maximum atomic E-state index is 12.8. The molecule has 0 radical (unpaired) electrons. The van der Waals surface area contributed by atoms with Gasteiger partial charge in [-0.1, -0.05) is 18.2 Å².